The standard InChI is InChI=1S/C16H17NO3S2/c1-11-4-6-12(7-5-11)8-9-13-15(20)17(16(21)22-13)10-2-3-14(18)19/h4-9,20H,2-3,10H2,1H3,(H,18,19). The molecule has 0 spiro atoms. The maximum atomic E-state index is 10.5. The number of hydrogen-bond acceptors (Lipinski definition) is 4. The molecule has 1 aromatic heterocycles. The SMILES string of the molecule is Cc1ccc(C=Cc2sc(=S)n(CCCC(=O)O)c2O)cc1. The smallest absolute Gasteiger partial charge is 0.303 e. The zero-order valence-corrected chi connectivity index (χ0v) is 13.8. The van der Waals surface area contributed by atoms with Crippen molar-refractivity contribution in [2.75, 3.05) is 0 Å². The number of carbonyl (C=O) groups is 1. The number of aryl methyl sites for hydroxylation is 1. The minimum atomic E-state index is -0.847. The number of benzene rings is 1. The van der Waals surface area contributed by atoms with Gasteiger partial charge in [0.25, 0.3) is 0 Å². The van der Waals surface area contributed by atoms with Crippen molar-refractivity contribution in [2.24, 2.45) is 0 Å². The molecule has 0 atom stereocenters. The third-order valence-electron chi connectivity index (χ3n) is 3.17. The first-order valence-electron chi connectivity index (χ1n) is 6.86. The lowest BCUT2D eigenvalue weighted by molar-refractivity contribution is -0.137. The van der Waals surface area contributed by atoms with Crippen LogP contribution in [-0.2, 0) is 11.3 Å². The molecule has 0 aliphatic rings. The van der Waals surface area contributed by atoms with E-state index in [1.807, 2.05) is 43.3 Å². The van der Waals surface area contributed by atoms with Crippen molar-refractivity contribution in [3.05, 3.63) is 44.2 Å². The summed E-state index contributed by atoms with van der Waals surface area (Å²) in [5.41, 5.74) is 2.24. The Labute approximate surface area is 138 Å². The zero-order valence-electron chi connectivity index (χ0n) is 12.2. The fraction of sp³-hybridized carbons (Fsp3) is 0.250. The van der Waals surface area contributed by atoms with Crippen molar-refractivity contribution in [1.29, 1.82) is 0 Å². The van der Waals surface area contributed by atoms with Crippen LogP contribution in [0.1, 0.15) is 28.8 Å². The maximum absolute atomic E-state index is 10.5. The van der Waals surface area contributed by atoms with Crippen molar-refractivity contribution in [2.45, 2.75) is 26.3 Å². The van der Waals surface area contributed by atoms with Gasteiger partial charge in [-0.05, 0) is 37.2 Å². The van der Waals surface area contributed by atoms with Crippen LogP contribution in [0.3, 0.4) is 0 Å². The Bertz CT molecular complexity index is 742. The molecule has 0 bridgehead atoms. The molecule has 116 valence electrons. The van der Waals surface area contributed by atoms with E-state index in [0.29, 0.717) is 21.8 Å². The molecule has 1 heterocycles. The molecule has 0 aliphatic carbocycles. The van der Waals surface area contributed by atoms with E-state index in [0.717, 1.165) is 5.56 Å². The number of aromatic hydroxyl groups is 1. The van der Waals surface area contributed by atoms with Gasteiger partial charge in [-0.2, -0.15) is 0 Å². The van der Waals surface area contributed by atoms with Crippen molar-refractivity contribution < 1.29 is 15.0 Å². The molecule has 6 heteroatoms. The minimum Gasteiger partial charge on any atom is -0.493 e. The Morgan fingerprint density at radius 2 is 2.00 bits per heavy atom. The summed E-state index contributed by atoms with van der Waals surface area (Å²) in [6, 6.07) is 8.06. The van der Waals surface area contributed by atoms with Crippen LogP contribution in [0.5, 0.6) is 5.88 Å². The summed E-state index contributed by atoms with van der Waals surface area (Å²) < 4.78 is 2.13. The van der Waals surface area contributed by atoms with Crippen LogP contribution in [0.4, 0.5) is 0 Å². The first-order valence-corrected chi connectivity index (χ1v) is 8.09. The van der Waals surface area contributed by atoms with E-state index in [2.05, 4.69) is 0 Å². The number of carboxylic acid groups (broad SMARTS) is 1. The number of nitrogens with zero attached hydrogens (tertiary/aromatic N) is 1. The maximum Gasteiger partial charge on any atom is 0.303 e. The van der Waals surface area contributed by atoms with Gasteiger partial charge in [0.1, 0.15) is 0 Å². The topological polar surface area (TPSA) is 62.5 Å². The van der Waals surface area contributed by atoms with Crippen LogP contribution in [-0.4, -0.2) is 20.7 Å². The largest absolute Gasteiger partial charge is 0.493 e. The van der Waals surface area contributed by atoms with Crippen LogP contribution < -0.4 is 0 Å². The van der Waals surface area contributed by atoms with Gasteiger partial charge in [0.15, 0.2) is 3.95 Å². The molecule has 2 aromatic rings. The third kappa shape index (κ3) is 4.29. The molecule has 0 saturated carbocycles. The van der Waals surface area contributed by atoms with Crippen molar-refractivity contribution in [3.63, 3.8) is 0 Å². The van der Waals surface area contributed by atoms with Gasteiger partial charge >= 0.3 is 5.97 Å². The van der Waals surface area contributed by atoms with Gasteiger partial charge in [0.05, 0.1) is 4.88 Å². The van der Waals surface area contributed by atoms with Crippen LogP contribution in [0.2, 0.25) is 0 Å². The molecular formula is C16H17NO3S2. The highest BCUT2D eigenvalue weighted by atomic mass is 32.1. The predicted molar refractivity (Wildman–Crippen MR) is 91.8 cm³/mol. The molecule has 4 nitrogen and oxygen atoms in total. The second kappa shape index (κ2) is 7.38. The normalized spacial score (nSPS) is 11.1. The lowest BCUT2D eigenvalue weighted by Crippen LogP contribution is -2.01. The number of carboxylic acids is 1. The van der Waals surface area contributed by atoms with Gasteiger partial charge in [-0.15, -0.1) is 11.3 Å². The highest BCUT2D eigenvalue weighted by molar-refractivity contribution is 7.73. The molecule has 0 saturated heterocycles. The Morgan fingerprint density at radius 1 is 1.32 bits per heavy atom. The number of thiazole rings is 1. The molecule has 0 fully saturated rings. The van der Waals surface area contributed by atoms with E-state index in [1.165, 1.54) is 16.9 Å². The fourth-order valence-corrected chi connectivity index (χ4v) is 3.22. The fourth-order valence-electron chi connectivity index (χ4n) is 1.96. The average Bonchev–Trinajstić information content (AvgIpc) is 2.74. The first-order chi connectivity index (χ1) is 10.5. The lowest BCUT2D eigenvalue weighted by Gasteiger charge is -2.02. The molecule has 2 N–H and O–H groups in total. The summed E-state index contributed by atoms with van der Waals surface area (Å²) in [7, 11) is 0. The van der Waals surface area contributed by atoms with Crippen LogP contribution in [0, 0.1) is 10.9 Å². The van der Waals surface area contributed by atoms with Crippen LogP contribution in [0.25, 0.3) is 12.2 Å². The van der Waals surface area contributed by atoms with Crippen LogP contribution in [0.15, 0.2) is 24.3 Å². The zero-order chi connectivity index (χ0) is 16.1. The van der Waals surface area contributed by atoms with Gasteiger partial charge < -0.3 is 10.2 Å². The molecular weight excluding hydrogens is 318 g/mol. The third-order valence-corrected chi connectivity index (χ3v) is 4.57. The second-order valence-corrected chi connectivity index (χ2v) is 6.62. The monoisotopic (exact) mass is 335 g/mol. The van der Waals surface area contributed by atoms with Crippen molar-refractivity contribution in [1.82, 2.24) is 4.57 Å². The van der Waals surface area contributed by atoms with E-state index < -0.39 is 5.97 Å². The molecule has 0 radical (unpaired) electrons. The lowest BCUT2D eigenvalue weighted by atomic mass is 10.1. The van der Waals surface area contributed by atoms with Crippen molar-refractivity contribution in [3.8, 4) is 5.88 Å². The number of aromatic nitrogens is 1. The molecule has 0 amide bonds. The molecule has 0 unspecified atom stereocenters. The Kier molecular flexibility index (Phi) is 5.51. The number of rotatable bonds is 6. The summed E-state index contributed by atoms with van der Waals surface area (Å²) in [6.07, 6.45) is 4.25. The summed E-state index contributed by atoms with van der Waals surface area (Å²) in [6.45, 7) is 2.44. The Hall–Kier alpha value is -1.92. The van der Waals surface area contributed by atoms with Gasteiger partial charge in [-0.1, -0.05) is 35.9 Å². The predicted octanol–water partition coefficient (Wildman–Crippen LogP) is 4.33. The van der Waals surface area contributed by atoms with Gasteiger partial charge in [-0.3, -0.25) is 9.36 Å². The van der Waals surface area contributed by atoms with Gasteiger partial charge in [-0.25, -0.2) is 0 Å². The van der Waals surface area contributed by atoms with E-state index in [1.54, 1.807) is 4.57 Å². The van der Waals surface area contributed by atoms with Gasteiger partial charge in [0.2, 0.25) is 5.88 Å². The summed E-state index contributed by atoms with van der Waals surface area (Å²) in [5, 5.41) is 18.9. The molecule has 22 heavy (non-hydrogen) atoms. The molecule has 2 rings (SSSR count). The quantitative estimate of drug-likeness (QED) is 0.771. The number of aliphatic carboxylic acids is 1. The summed E-state index contributed by atoms with van der Waals surface area (Å²) >= 11 is 6.54. The van der Waals surface area contributed by atoms with E-state index in [4.69, 9.17) is 17.3 Å². The van der Waals surface area contributed by atoms with Crippen molar-refractivity contribution >= 4 is 41.7 Å². The number of hydrogen-bond donors (Lipinski definition) is 2. The molecule has 1 aromatic carbocycles. The second-order valence-electron chi connectivity index (χ2n) is 4.95. The van der Waals surface area contributed by atoms with E-state index >= 15 is 0 Å². The van der Waals surface area contributed by atoms with Gasteiger partial charge in [0, 0.05) is 13.0 Å². The van der Waals surface area contributed by atoms with E-state index in [-0.39, 0.29) is 12.3 Å². The highest BCUT2D eigenvalue weighted by Gasteiger charge is 2.09. The first kappa shape index (κ1) is 16.5. The van der Waals surface area contributed by atoms with E-state index in [9.17, 15) is 9.90 Å². The highest BCUT2D eigenvalue weighted by Crippen LogP contribution is 2.28. The Morgan fingerprint density at radius 3 is 2.64 bits per heavy atom. The summed E-state index contributed by atoms with van der Waals surface area (Å²) in [4.78, 5) is 11.2. The Balaban J connectivity index is 2.13. The van der Waals surface area contributed by atoms with Crippen LogP contribution >= 0.6 is 23.6 Å². The minimum absolute atomic E-state index is 0.0611. The summed E-state index contributed by atoms with van der Waals surface area (Å²) in [5.74, 6) is -0.746. The molecule has 0 aliphatic heterocycles. The average molecular weight is 335 g/mol.